The Bertz CT molecular complexity index is 458. The molecule has 0 amide bonds. The maximum absolute atomic E-state index is 12.3. The number of ketones is 1. The average Bonchev–Trinajstić information content (AvgIpc) is 2.50. The third kappa shape index (κ3) is 6.73. The van der Waals surface area contributed by atoms with Gasteiger partial charge in [-0.05, 0) is 36.3 Å². The number of carbonyl (C=O) groups excluding carboxylic acids is 1. The molecule has 0 heterocycles. The van der Waals surface area contributed by atoms with Gasteiger partial charge in [-0.25, -0.2) is 0 Å². The van der Waals surface area contributed by atoms with E-state index in [0.29, 0.717) is 36.2 Å². The van der Waals surface area contributed by atoms with Gasteiger partial charge >= 0.3 is 0 Å². The fraction of sp³-hybridized carbons (Fsp3) is 0.611. The van der Waals surface area contributed by atoms with Crippen molar-refractivity contribution in [2.45, 2.75) is 52.2 Å². The van der Waals surface area contributed by atoms with Gasteiger partial charge in [-0.15, -0.1) is 0 Å². The average molecular weight is 324 g/mol. The molecule has 1 aromatic rings. The third-order valence-electron chi connectivity index (χ3n) is 2.97. The van der Waals surface area contributed by atoms with Crippen LogP contribution in [0.5, 0.6) is 11.5 Å². The van der Waals surface area contributed by atoms with Crippen molar-refractivity contribution >= 4 is 17.5 Å². The molecule has 0 saturated carbocycles. The molecule has 0 bridgehead atoms. The van der Waals surface area contributed by atoms with Crippen LogP contribution in [0.1, 0.15) is 57.3 Å². The van der Waals surface area contributed by atoms with Crippen molar-refractivity contribution in [2.75, 3.05) is 19.0 Å². The highest BCUT2D eigenvalue weighted by Gasteiger charge is 2.12. The van der Waals surface area contributed by atoms with E-state index in [9.17, 15) is 4.79 Å². The van der Waals surface area contributed by atoms with Crippen molar-refractivity contribution in [2.24, 2.45) is 0 Å². The number of carbonyl (C=O) groups is 1. The highest BCUT2D eigenvalue weighted by atomic mass is 32.2. The molecule has 4 heteroatoms. The zero-order valence-electron chi connectivity index (χ0n) is 14.2. The Kier molecular flexibility index (Phi) is 9.05. The van der Waals surface area contributed by atoms with Gasteiger partial charge in [0.15, 0.2) is 17.3 Å². The monoisotopic (exact) mass is 324 g/mol. The van der Waals surface area contributed by atoms with E-state index < -0.39 is 0 Å². The van der Waals surface area contributed by atoms with Gasteiger partial charge in [-0.3, -0.25) is 4.79 Å². The summed E-state index contributed by atoms with van der Waals surface area (Å²) in [5.41, 5.74) is 0.708. The van der Waals surface area contributed by atoms with Crippen LogP contribution < -0.4 is 9.47 Å². The summed E-state index contributed by atoms with van der Waals surface area (Å²) in [6.45, 7) is 9.70. The molecule has 0 atom stereocenters. The Hall–Kier alpha value is -1.16. The normalized spacial score (nSPS) is 10.8. The SMILES string of the molecule is CCCOc1ccc(C(=O)CCSC(C)C)cc1OCCC. The lowest BCUT2D eigenvalue weighted by Crippen LogP contribution is -2.05. The smallest absolute Gasteiger partial charge is 0.163 e. The second-order valence-corrected chi connectivity index (χ2v) is 7.14. The Labute approximate surface area is 138 Å². The molecule has 22 heavy (non-hydrogen) atoms. The number of ether oxygens (including phenoxy) is 2. The maximum atomic E-state index is 12.3. The molecule has 0 radical (unpaired) electrons. The molecule has 0 aliphatic rings. The second kappa shape index (κ2) is 10.5. The molecule has 0 N–H and O–H groups in total. The summed E-state index contributed by atoms with van der Waals surface area (Å²) in [7, 11) is 0. The molecular weight excluding hydrogens is 296 g/mol. The van der Waals surface area contributed by atoms with Gasteiger partial charge in [0.2, 0.25) is 0 Å². The van der Waals surface area contributed by atoms with Crippen LogP contribution in [0.2, 0.25) is 0 Å². The second-order valence-electron chi connectivity index (χ2n) is 5.45. The van der Waals surface area contributed by atoms with Crippen molar-refractivity contribution in [3.63, 3.8) is 0 Å². The number of hydrogen-bond donors (Lipinski definition) is 0. The van der Waals surface area contributed by atoms with Crippen LogP contribution in [-0.2, 0) is 0 Å². The van der Waals surface area contributed by atoms with Crippen molar-refractivity contribution in [1.29, 1.82) is 0 Å². The summed E-state index contributed by atoms with van der Waals surface area (Å²) in [5.74, 6) is 2.42. The van der Waals surface area contributed by atoms with Gasteiger partial charge in [0.05, 0.1) is 13.2 Å². The lowest BCUT2D eigenvalue weighted by atomic mass is 10.1. The maximum Gasteiger partial charge on any atom is 0.163 e. The first-order valence-corrected chi connectivity index (χ1v) is 9.17. The van der Waals surface area contributed by atoms with Gasteiger partial charge in [0, 0.05) is 17.7 Å². The van der Waals surface area contributed by atoms with Crippen LogP contribution in [0.15, 0.2) is 18.2 Å². The van der Waals surface area contributed by atoms with Crippen LogP contribution >= 0.6 is 11.8 Å². The van der Waals surface area contributed by atoms with Crippen LogP contribution in [-0.4, -0.2) is 30.0 Å². The minimum Gasteiger partial charge on any atom is -0.490 e. The van der Waals surface area contributed by atoms with E-state index in [4.69, 9.17) is 9.47 Å². The van der Waals surface area contributed by atoms with Gasteiger partial charge in [-0.2, -0.15) is 11.8 Å². The highest BCUT2D eigenvalue weighted by molar-refractivity contribution is 7.99. The molecule has 0 saturated heterocycles. The Morgan fingerprint density at radius 3 is 2.32 bits per heavy atom. The molecular formula is C18H28O3S. The Morgan fingerprint density at radius 1 is 1.09 bits per heavy atom. The number of benzene rings is 1. The number of rotatable bonds is 11. The highest BCUT2D eigenvalue weighted by Crippen LogP contribution is 2.29. The molecule has 1 aromatic carbocycles. The fourth-order valence-electron chi connectivity index (χ4n) is 1.87. The van der Waals surface area contributed by atoms with E-state index in [0.717, 1.165) is 24.3 Å². The number of thioether (sulfide) groups is 1. The molecule has 0 aliphatic carbocycles. The first-order chi connectivity index (χ1) is 10.6. The molecule has 124 valence electrons. The number of Topliss-reactive ketones (excluding diaryl/α,β-unsaturated/α-hetero) is 1. The minimum absolute atomic E-state index is 0.163. The molecule has 0 unspecified atom stereocenters. The lowest BCUT2D eigenvalue weighted by molar-refractivity contribution is 0.0989. The quantitative estimate of drug-likeness (QED) is 0.538. The van der Waals surface area contributed by atoms with Gasteiger partial charge < -0.3 is 9.47 Å². The molecule has 0 fully saturated rings. The van der Waals surface area contributed by atoms with Crippen LogP contribution in [0.4, 0.5) is 0 Å². The summed E-state index contributed by atoms with van der Waals surface area (Å²) in [6.07, 6.45) is 2.43. The fourth-order valence-corrected chi connectivity index (χ4v) is 2.64. The van der Waals surface area contributed by atoms with Crippen molar-refractivity contribution in [1.82, 2.24) is 0 Å². The van der Waals surface area contributed by atoms with E-state index in [2.05, 4.69) is 27.7 Å². The summed E-state index contributed by atoms with van der Waals surface area (Å²) < 4.78 is 11.4. The van der Waals surface area contributed by atoms with Crippen LogP contribution in [0.25, 0.3) is 0 Å². The third-order valence-corrected chi connectivity index (χ3v) is 4.08. The summed E-state index contributed by atoms with van der Waals surface area (Å²) >= 11 is 1.81. The first-order valence-electron chi connectivity index (χ1n) is 8.12. The summed E-state index contributed by atoms with van der Waals surface area (Å²) in [6, 6.07) is 5.51. The van der Waals surface area contributed by atoms with E-state index in [-0.39, 0.29) is 5.78 Å². The summed E-state index contributed by atoms with van der Waals surface area (Å²) in [5, 5.41) is 0.557. The van der Waals surface area contributed by atoms with Crippen molar-refractivity contribution in [3.05, 3.63) is 23.8 Å². The largest absolute Gasteiger partial charge is 0.490 e. The molecule has 3 nitrogen and oxygen atoms in total. The van der Waals surface area contributed by atoms with Gasteiger partial charge in [-0.1, -0.05) is 27.7 Å². The molecule has 0 aromatic heterocycles. The molecule has 1 rings (SSSR count). The molecule has 0 aliphatic heterocycles. The Morgan fingerprint density at radius 2 is 1.73 bits per heavy atom. The van der Waals surface area contributed by atoms with Gasteiger partial charge in [0.25, 0.3) is 0 Å². The predicted molar refractivity (Wildman–Crippen MR) is 94.6 cm³/mol. The van der Waals surface area contributed by atoms with Crippen LogP contribution in [0.3, 0.4) is 0 Å². The van der Waals surface area contributed by atoms with Crippen molar-refractivity contribution in [3.8, 4) is 11.5 Å². The zero-order chi connectivity index (χ0) is 16.4. The standard InChI is InChI=1S/C18H28O3S/c1-5-10-20-17-8-7-15(13-18(17)21-11-6-2)16(19)9-12-22-14(3)4/h7-8,13-14H,5-6,9-12H2,1-4H3. The van der Waals surface area contributed by atoms with E-state index in [1.165, 1.54) is 0 Å². The van der Waals surface area contributed by atoms with E-state index >= 15 is 0 Å². The van der Waals surface area contributed by atoms with E-state index in [1.54, 1.807) is 0 Å². The first kappa shape index (κ1) is 18.9. The van der Waals surface area contributed by atoms with Gasteiger partial charge in [0.1, 0.15) is 0 Å². The Balaban J connectivity index is 2.76. The van der Waals surface area contributed by atoms with E-state index in [1.807, 2.05) is 30.0 Å². The predicted octanol–water partition coefficient (Wildman–Crippen LogP) is 4.98. The van der Waals surface area contributed by atoms with Crippen molar-refractivity contribution < 1.29 is 14.3 Å². The molecule has 0 spiro atoms. The zero-order valence-corrected chi connectivity index (χ0v) is 15.0. The topological polar surface area (TPSA) is 35.5 Å². The lowest BCUT2D eigenvalue weighted by Gasteiger charge is -2.13. The summed E-state index contributed by atoms with van der Waals surface area (Å²) in [4.78, 5) is 12.3. The minimum atomic E-state index is 0.163. The van der Waals surface area contributed by atoms with Crippen LogP contribution in [0, 0.1) is 0 Å². The number of hydrogen-bond acceptors (Lipinski definition) is 4.